The third kappa shape index (κ3) is 1.80. The number of pyridine rings is 1. The van der Waals surface area contributed by atoms with Crippen LogP contribution in [0.3, 0.4) is 0 Å². The summed E-state index contributed by atoms with van der Waals surface area (Å²) in [6.07, 6.45) is 2.47. The Hall–Kier alpha value is -2.40. The molecule has 0 bridgehead atoms. The van der Waals surface area contributed by atoms with Gasteiger partial charge < -0.3 is 9.52 Å². The van der Waals surface area contributed by atoms with E-state index in [4.69, 9.17) is 4.42 Å². The van der Waals surface area contributed by atoms with Gasteiger partial charge in [0, 0.05) is 12.4 Å². The van der Waals surface area contributed by atoms with Gasteiger partial charge in [0.25, 0.3) is 0 Å². The summed E-state index contributed by atoms with van der Waals surface area (Å²) in [5.41, 5.74) is 2.45. The predicted molar refractivity (Wildman–Crippen MR) is 65.1 cm³/mol. The molecule has 0 radical (unpaired) electrons. The van der Waals surface area contributed by atoms with E-state index in [0.29, 0.717) is 16.7 Å². The molecule has 18 heavy (non-hydrogen) atoms. The number of aliphatic hydroxyl groups is 1. The minimum atomic E-state index is -0.766. The summed E-state index contributed by atoms with van der Waals surface area (Å²) < 4.78 is 4.96. The highest BCUT2D eigenvalue weighted by Crippen LogP contribution is 2.23. The van der Waals surface area contributed by atoms with Crippen LogP contribution < -0.4 is 5.76 Å². The zero-order valence-corrected chi connectivity index (χ0v) is 9.33. The summed E-state index contributed by atoms with van der Waals surface area (Å²) in [5, 5.41) is 10.2. The maximum Gasteiger partial charge on any atom is 0.417 e. The van der Waals surface area contributed by atoms with Crippen molar-refractivity contribution in [1.29, 1.82) is 0 Å². The number of hydrogen-bond acceptors (Lipinski definition) is 4. The Bertz CT molecular complexity index is 731. The number of benzene rings is 1. The van der Waals surface area contributed by atoms with E-state index in [1.807, 2.05) is 0 Å². The topological polar surface area (TPSA) is 79.1 Å². The van der Waals surface area contributed by atoms with Crippen molar-refractivity contribution in [3.63, 3.8) is 0 Å². The van der Waals surface area contributed by atoms with Gasteiger partial charge in [-0.25, -0.2) is 4.79 Å². The van der Waals surface area contributed by atoms with Crippen molar-refractivity contribution in [2.75, 3.05) is 0 Å². The van der Waals surface area contributed by atoms with Crippen molar-refractivity contribution in [3.8, 4) is 0 Å². The number of aromatic nitrogens is 2. The second kappa shape index (κ2) is 4.12. The van der Waals surface area contributed by atoms with E-state index >= 15 is 0 Å². The smallest absolute Gasteiger partial charge is 0.408 e. The molecule has 0 saturated heterocycles. The van der Waals surface area contributed by atoms with Gasteiger partial charge in [-0.3, -0.25) is 9.97 Å². The van der Waals surface area contributed by atoms with Crippen LogP contribution in [0.5, 0.6) is 0 Å². The van der Waals surface area contributed by atoms with Crippen LogP contribution in [0.15, 0.2) is 51.9 Å². The number of aliphatic hydroxyl groups excluding tert-OH is 1. The molecule has 90 valence electrons. The summed E-state index contributed by atoms with van der Waals surface area (Å²) >= 11 is 0. The highest BCUT2D eigenvalue weighted by molar-refractivity contribution is 5.73. The summed E-state index contributed by atoms with van der Waals surface area (Å²) in [6, 6.07) is 8.58. The fraction of sp³-hybridized carbons (Fsp3) is 0.0769. The molecule has 0 aliphatic heterocycles. The zero-order chi connectivity index (χ0) is 12.5. The first-order valence-electron chi connectivity index (χ1n) is 5.45. The summed E-state index contributed by atoms with van der Waals surface area (Å²) in [6.45, 7) is 0. The third-order valence-corrected chi connectivity index (χ3v) is 2.78. The number of fused-ring (bicyclic) bond motifs is 1. The van der Waals surface area contributed by atoms with Gasteiger partial charge in [-0.2, -0.15) is 0 Å². The Morgan fingerprint density at radius 1 is 1.17 bits per heavy atom. The monoisotopic (exact) mass is 242 g/mol. The molecule has 3 aromatic rings. The predicted octanol–water partition coefficient (Wildman–Crippen LogP) is 1.60. The number of nitrogens with one attached hydrogen (secondary N) is 1. The lowest BCUT2D eigenvalue weighted by Gasteiger charge is -2.10. The van der Waals surface area contributed by atoms with E-state index < -0.39 is 11.9 Å². The van der Waals surface area contributed by atoms with E-state index in [9.17, 15) is 9.90 Å². The van der Waals surface area contributed by atoms with Gasteiger partial charge in [0.2, 0.25) is 0 Å². The van der Waals surface area contributed by atoms with E-state index in [-0.39, 0.29) is 0 Å². The zero-order valence-electron chi connectivity index (χ0n) is 9.33. The van der Waals surface area contributed by atoms with E-state index in [0.717, 1.165) is 5.56 Å². The number of aromatic amines is 1. The molecule has 1 unspecified atom stereocenters. The second-order valence-corrected chi connectivity index (χ2v) is 3.95. The molecule has 0 spiro atoms. The third-order valence-electron chi connectivity index (χ3n) is 2.78. The van der Waals surface area contributed by atoms with Gasteiger partial charge in [0.15, 0.2) is 5.58 Å². The molecule has 5 heteroatoms. The fourth-order valence-corrected chi connectivity index (χ4v) is 1.87. The highest BCUT2D eigenvalue weighted by atomic mass is 16.4. The van der Waals surface area contributed by atoms with E-state index in [1.54, 1.807) is 42.7 Å². The Morgan fingerprint density at radius 2 is 1.94 bits per heavy atom. The average molecular weight is 242 g/mol. The van der Waals surface area contributed by atoms with Crippen LogP contribution in [-0.2, 0) is 0 Å². The van der Waals surface area contributed by atoms with Gasteiger partial charge in [-0.05, 0) is 35.4 Å². The number of oxazole rings is 1. The highest BCUT2D eigenvalue weighted by Gasteiger charge is 2.12. The summed E-state index contributed by atoms with van der Waals surface area (Å²) in [7, 11) is 0. The molecule has 1 atom stereocenters. The molecule has 0 aliphatic carbocycles. The van der Waals surface area contributed by atoms with Crippen molar-refractivity contribution in [2.45, 2.75) is 6.10 Å². The lowest BCUT2D eigenvalue weighted by Crippen LogP contribution is -1.99. The van der Waals surface area contributed by atoms with Crippen molar-refractivity contribution in [1.82, 2.24) is 9.97 Å². The number of H-pyrrole nitrogens is 1. The van der Waals surface area contributed by atoms with Crippen molar-refractivity contribution >= 4 is 11.1 Å². The molecule has 3 rings (SSSR count). The summed E-state index contributed by atoms with van der Waals surface area (Å²) in [4.78, 5) is 17.5. The van der Waals surface area contributed by atoms with Gasteiger partial charge in [0.1, 0.15) is 6.10 Å². The molecule has 1 aromatic carbocycles. The van der Waals surface area contributed by atoms with Crippen LogP contribution in [0, 0.1) is 0 Å². The summed E-state index contributed by atoms with van der Waals surface area (Å²) in [5.74, 6) is -0.499. The number of rotatable bonds is 2. The quantitative estimate of drug-likeness (QED) is 0.715. The maximum atomic E-state index is 11.0. The Labute approximate surface area is 102 Å². The minimum absolute atomic E-state index is 0.436. The van der Waals surface area contributed by atoms with Gasteiger partial charge in [-0.1, -0.05) is 6.07 Å². The molecule has 0 fully saturated rings. The minimum Gasteiger partial charge on any atom is -0.408 e. The lowest BCUT2D eigenvalue weighted by atomic mass is 10.0. The van der Waals surface area contributed by atoms with Crippen molar-refractivity contribution in [2.24, 2.45) is 0 Å². The standard InChI is InChI=1S/C13H10N2O3/c16-12(8-3-5-14-6-4-8)9-1-2-10-11(7-9)18-13(17)15-10/h1-7,12,16H,(H,15,17). The van der Waals surface area contributed by atoms with Crippen LogP contribution >= 0.6 is 0 Å². The van der Waals surface area contributed by atoms with Gasteiger partial charge in [-0.15, -0.1) is 0 Å². The first-order chi connectivity index (χ1) is 8.74. The van der Waals surface area contributed by atoms with Crippen LogP contribution in [0.2, 0.25) is 0 Å². The molecule has 2 N–H and O–H groups in total. The Kier molecular flexibility index (Phi) is 2.46. The molecular formula is C13H10N2O3. The SMILES string of the molecule is O=c1[nH]c2ccc(C(O)c3ccncc3)cc2o1. The molecule has 0 amide bonds. The van der Waals surface area contributed by atoms with E-state index in [1.165, 1.54) is 0 Å². The first kappa shape index (κ1) is 10.7. The maximum absolute atomic E-state index is 11.0. The van der Waals surface area contributed by atoms with Crippen LogP contribution in [0.4, 0.5) is 0 Å². The van der Waals surface area contributed by atoms with Crippen LogP contribution in [0.1, 0.15) is 17.2 Å². The number of nitrogens with zero attached hydrogens (tertiary/aromatic N) is 1. The molecule has 5 nitrogen and oxygen atoms in total. The first-order valence-corrected chi connectivity index (χ1v) is 5.45. The Morgan fingerprint density at radius 3 is 2.72 bits per heavy atom. The van der Waals surface area contributed by atoms with E-state index in [2.05, 4.69) is 9.97 Å². The van der Waals surface area contributed by atoms with Crippen molar-refractivity contribution < 1.29 is 9.52 Å². The lowest BCUT2D eigenvalue weighted by molar-refractivity contribution is 0.220. The fourth-order valence-electron chi connectivity index (χ4n) is 1.87. The van der Waals surface area contributed by atoms with Crippen molar-refractivity contribution in [3.05, 3.63) is 64.4 Å². The molecule has 0 aliphatic rings. The molecule has 2 heterocycles. The van der Waals surface area contributed by atoms with Crippen LogP contribution in [-0.4, -0.2) is 15.1 Å². The molecule has 0 saturated carbocycles. The van der Waals surface area contributed by atoms with Gasteiger partial charge in [0.05, 0.1) is 5.52 Å². The average Bonchev–Trinajstić information content (AvgIpc) is 2.78. The molecule has 2 aromatic heterocycles. The largest absolute Gasteiger partial charge is 0.417 e. The van der Waals surface area contributed by atoms with Gasteiger partial charge >= 0.3 is 5.76 Å². The second-order valence-electron chi connectivity index (χ2n) is 3.95. The Balaban J connectivity index is 2.06. The van der Waals surface area contributed by atoms with Crippen LogP contribution in [0.25, 0.3) is 11.1 Å². The number of hydrogen-bond donors (Lipinski definition) is 2. The molecular weight excluding hydrogens is 232 g/mol. The normalized spacial score (nSPS) is 12.7.